The van der Waals surface area contributed by atoms with Crippen molar-refractivity contribution in [1.82, 2.24) is 9.97 Å². The zero-order valence-electron chi connectivity index (χ0n) is 10.8. The highest BCUT2D eigenvalue weighted by Gasteiger charge is 2.14. The highest BCUT2D eigenvalue weighted by atomic mass is 79.9. The molecule has 0 aliphatic rings. The predicted octanol–water partition coefficient (Wildman–Crippen LogP) is 5.81. The number of fused-ring (bicyclic) bond motifs is 1. The Morgan fingerprint density at radius 1 is 1.10 bits per heavy atom. The molecule has 21 heavy (non-hydrogen) atoms. The zero-order valence-corrected chi connectivity index (χ0v) is 13.9. The lowest BCUT2D eigenvalue weighted by Crippen LogP contribution is -1.96. The Morgan fingerprint density at radius 3 is 2.62 bits per heavy atom. The number of nitrogens with zero attached hydrogens (tertiary/aromatic N) is 2. The monoisotopic (exact) mass is 384 g/mol. The number of aryl methyl sites for hydroxylation is 1. The second-order valence-corrected chi connectivity index (χ2v) is 6.21. The van der Waals surface area contributed by atoms with Gasteiger partial charge in [0, 0.05) is 21.0 Å². The SMILES string of the molecule is Cc1c(F)ccc2c(Cl)nc(-c3cc(Br)ccc3Cl)nc12. The molecule has 0 N–H and O–H groups in total. The van der Waals surface area contributed by atoms with Crippen LogP contribution in [0.1, 0.15) is 5.56 Å². The maximum atomic E-state index is 13.7. The van der Waals surface area contributed by atoms with Gasteiger partial charge in [-0.25, -0.2) is 14.4 Å². The van der Waals surface area contributed by atoms with Crippen LogP contribution in [0.4, 0.5) is 4.39 Å². The summed E-state index contributed by atoms with van der Waals surface area (Å²) in [5.41, 5.74) is 1.56. The average molecular weight is 386 g/mol. The fourth-order valence-electron chi connectivity index (χ4n) is 2.06. The first-order valence-corrected chi connectivity index (χ1v) is 7.60. The van der Waals surface area contributed by atoms with E-state index in [1.165, 1.54) is 6.07 Å². The molecular formula is C15H8BrCl2FN2. The van der Waals surface area contributed by atoms with Crippen molar-refractivity contribution in [2.24, 2.45) is 0 Å². The summed E-state index contributed by atoms with van der Waals surface area (Å²) in [6, 6.07) is 8.29. The van der Waals surface area contributed by atoms with E-state index in [0.29, 0.717) is 32.9 Å². The molecule has 106 valence electrons. The lowest BCUT2D eigenvalue weighted by atomic mass is 10.1. The van der Waals surface area contributed by atoms with E-state index < -0.39 is 0 Å². The minimum Gasteiger partial charge on any atom is -0.227 e. The Morgan fingerprint density at radius 2 is 1.86 bits per heavy atom. The van der Waals surface area contributed by atoms with E-state index in [1.54, 1.807) is 25.1 Å². The minimum absolute atomic E-state index is 0.272. The molecule has 0 spiro atoms. The van der Waals surface area contributed by atoms with Crippen molar-refractivity contribution in [3.63, 3.8) is 0 Å². The number of hydrogen-bond acceptors (Lipinski definition) is 2. The molecule has 0 bridgehead atoms. The smallest absolute Gasteiger partial charge is 0.163 e. The van der Waals surface area contributed by atoms with Gasteiger partial charge < -0.3 is 0 Å². The summed E-state index contributed by atoms with van der Waals surface area (Å²) in [5, 5.41) is 1.39. The highest BCUT2D eigenvalue weighted by Crippen LogP contribution is 2.32. The molecule has 0 saturated heterocycles. The molecule has 1 heterocycles. The van der Waals surface area contributed by atoms with Gasteiger partial charge in [-0.05, 0) is 37.3 Å². The second-order valence-electron chi connectivity index (χ2n) is 4.53. The Kier molecular flexibility index (Phi) is 3.86. The molecule has 0 aliphatic heterocycles. The van der Waals surface area contributed by atoms with Crippen molar-refractivity contribution in [2.75, 3.05) is 0 Å². The van der Waals surface area contributed by atoms with Crippen LogP contribution in [0.25, 0.3) is 22.3 Å². The Bertz CT molecular complexity index is 868. The van der Waals surface area contributed by atoms with Gasteiger partial charge in [-0.15, -0.1) is 0 Å². The van der Waals surface area contributed by atoms with Crippen LogP contribution < -0.4 is 0 Å². The van der Waals surface area contributed by atoms with Gasteiger partial charge in [-0.2, -0.15) is 0 Å². The van der Waals surface area contributed by atoms with Crippen molar-refractivity contribution in [1.29, 1.82) is 0 Å². The number of hydrogen-bond donors (Lipinski definition) is 0. The van der Waals surface area contributed by atoms with Gasteiger partial charge in [0.05, 0.1) is 10.5 Å². The normalized spacial score (nSPS) is 11.1. The maximum Gasteiger partial charge on any atom is 0.163 e. The minimum atomic E-state index is -0.330. The van der Waals surface area contributed by atoms with E-state index in [4.69, 9.17) is 23.2 Å². The van der Waals surface area contributed by atoms with Crippen molar-refractivity contribution in [3.05, 3.63) is 56.4 Å². The van der Waals surface area contributed by atoms with Gasteiger partial charge in [0.2, 0.25) is 0 Å². The summed E-state index contributed by atoms with van der Waals surface area (Å²) in [5.74, 6) is 0.0380. The van der Waals surface area contributed by atoms with Crippen LogP contribution >= 0.6 is 39.1 Å². The fraction of sp³-hybridized carbons (Fsp3) is 0.0667. The zero-order chi connectivity index (χ0) is 15.1. The average Bonchev–Trinajstić information content (AvgIpc) is 2.45. The topological polar surface area (TPSA) is 25.8 Å². The first-order chi connectivity index (χ1) is 9.97. The van der Waals surface area contributed by atoms with Crippen LogP contribution in [0.3, 0.4) is 0 Å². The molecule has 3 rings (SSSR count). The van der Waals surface area contributed by atoms with Gasteiger partial charge in [-0.3, -0.25) is 0 Å². The first kappa shape index (κ1) is 14.7. The molecule has 6 heteroatoms. The summed E-state index contributed by atoms with van der Waals surface area (Å²) in [4.78, 5) is 8.70. The molecule has 0 unspecified atom stereocenters. The summed E-state index contributed by atoms with van der Waals surface area (Å²) in [6.45, 7) is 1.66. The van der Waals surface area contributed by atoms with E-state index in [2.05, 4.69) is 25.9 Å². The van der Waals surface area contributed by atoms with Crippen LogP contribution in [0.15, 0.2) is 34.8 Å². The van der Waals surface area contributed by atoms with Gasteiger partial charge in [0.15, 0.2) is 5.82 Å². The Balaban J connectivity index is 2.34. The summed E-state index contributed by atoms with van der Waals surface area (Å²) in [7, 11) is 0. The lowest BCUT2D eigenvalue weighted by molar-refractivity contribution is 0.620. The third-order valence-electron chi connectivity index (χ3n) is 3.18. The van der Waals surface area contributed by atoms with Crippen LogP contribution in [-0.4, -0.2) is 9.97 Å². The molecular weight excluding hydrogens is 378 g/mol. The predicted molar refractivity (Wildman–Crippen MR) is 87.4 cm³/mol. The van der Waals surface area contributed by atoms with E-state index in [1.807, 2.05) is 6.07 Å². The summed E-state index contributed by atoms with van der Waals surface area (Å²) in [6.07, 6.45) is 0. The number of rotatable bonds is 1. The summed E-state index contributed by atoms with van der Waals surface area (Å²) >= 11 is 15.8. The molecule has 1 aromatic heterocycles. The van der Waals surface area contributed by atoms with E-state index in [-0.39, 0.29) is 11.0 Å². The quantitative estimate of drug-likeness (QED) is 0.493. The molecule has 0 fully saturated rings. The largest absolute Gasteiger partial charge is 0.227 e. The van der Waals surface area contributed by atoms with Gasteiger partial charge >= 0.3 is 0 Å². The highest BCUT2D eigenvalue weighted by molar-refractivity contribution is 9.10. The van der Waals surface area contributed by atoms with Gasteiger partial charge in [-0.1, -0.05) is 39.1 Å². The number of benzene rings is 2. The van der Waals surface area contributed by atoms with Crippen molar-refractivity contribution in [3.8, 4) is 11.4 Å². The summed E-state index contributed by atoms with van der Waals surface area (Å²) < 4.78 is 14.6. The molecule has 2 nitrogen and oxygen atoms in total. The molecule has 0 amide bonds. The number of aromatic nitrogens is 2. The van der Waals surface area contributed by atoms with E-state index in [0.717, 1.165) is 4.47 Å². The third-order valence-corrected chi connectivity index (χ3v) is 4.29. The van der Waals surface area contributed by atoms with Crippen LogP contribution in [0.2, 0.25) is 10.2 Å². The van der Waals surface area contributed by atoms with Crippen molar-refractivity contribution in [2.45, 2.75) is 6.92 Å². The van der Waals surface area contributed by atoms with Crippen LogP contribution in [-0.2, 0) is 0 Å². The van der Waals surface area contributed by atoms with E-state index in [9.17, 15) is 4.39 Å². The molecule has 0 aliphatic carbocycles. The van der Waals surface area contributed by atoms with Crippen LogP contribution in [0.5, 0.6) is 0 Å². The molecule has 0 radical (unpaired) electrons. The Labute approximate surface area is 139 Å². The second kappa shape index (κ2) is 5.52. The van der Waals surface area contributed by atoms with Gasteiger partial charge in [0.1, 0.15) is 11.0 Å². The van der Waals surface area contributed by atoms with E-state index >= 15 is 0 Å². The fourth-order valence-corrected chi connectivity index (χ4v) is 2.86. The molecule has 0 saturated carbocycles. The van der Waals surface area contributed by atoms with Crippen molar-refractivity contribution >= 4 is 50.0 Å². The number of halogens is 4. The standard InChI is InChI=1S/C15H8BrCl2FN2/c1-7-12(19)5-3-9-13(7)20-15(21-14(9)18)10-6-8(16)2-4-11(10)17/h2-6H,1H3. The lowest BCUT2D eigenvalue weighted by Gasteiger charge is -2.09. The van der Waals surface area contributed by atoms with Crippen LogP contribution in [0, 0.1) is 12.7 Å². The van der Waals surface area contributed by atoms with Gasteiger partial charge in [0.25, 0.3) is 0 Å². The molecule has 2 aromatic carbocycles. The molecule has 3 aromatic rings. The van der Waals surface area contributed by atoms with Crippen molar-refractivity contribution < 1.29 is 4.39 Å². The maximum absolute atomic E-state index is 13.7. The first-order valence-electron chi connectivity index (χ1n) is 6.05. The molecule has 0 atom stereocenters. The third kappa shape index (κ3) is 2.63. The Hall–Kier alpha value is -1.23.